The van der Waals surface area contributed by atoms with Crippen LogP contribution in [-0.4, -0.2) is 57.0 Å². The van der Waals surface area contributed by atoms with Gasteiger partial charge in [-0.3, -0.25) is 4.79 Å². The number of carbonyl (C=O) groups is 1. The Hall–Kier alpha value is -2.18. The van der Waals surface area contributed by atoms with Crippen molar-refractivity contribution in [1.29, 1.82) is 0 Å². The van der Waals surface area contributed by atoms with Gasteiger partial charge in [-0.05, 0) is 25.0 Å². The number of hydrogen-bond donors (Lipinski definition) is 3. The second kappa shape index (κ2) is 7.50. The molecule has 1 saturated carbocycles. The topological polar surface area (TPSA) is 112 Å². The van der Waals surface area contributed by atoms with Crippen LogP contribution < -0.4 is 4.74 Å². The van der Waals surface area contributed by atoms with Gasteiger partial charge in [0.15, 0.2) is 11.6 Å². The maximum absolute atomic E-state index is 14.5. The fraction of sp³-hybridized carbons (Fsp3) is 0.474. The molecule has 30 heavy (non-hydrogen) atoms. The number of nitrogens with zero attached hydrogens (tertiary/aromatic N) is 2. The van der Waals surface area contributed by atoms with Crippen molar-refractivity contribution in [2.24, 2.45) is 5.41 Å². The van der Waals surface area contributed by atoms with E-state index in [0.29, 0.717) is 24.7 Å². The molecule has 3 N–H and O–H groups in total. The Balaban J connectivity index is 1.60. The van der Waals surface area contributed by atoms with Crippen LogP contribution >= 0.6 is 11.3 Å². The summed E-state index contributed by atoms with van der Waals surface area (Å²) in [6, 6.07) is 1.66. The molecule has 1 aromatic heterocycles. The lowest BCUT2D eigenvalue weighted by atomic mass is 10.1. The van der Waals surface area contributed by atoms with Gasteiger partial charge in [0.05, 0.1) is 24.4 Å². The van der Waals surface area contributed by atoms with Gasteiger partial charge in [-0.25, -0.2) is 13.8 Å². The second-order valence-corrected chi connectivity index (χ2v) is 8.54. The average Bonchev–Trinajstić information content (AvgIpc) is 3.25. The second-order valence-electron chi connectivity index (χ2n) is 7.65. The van der Waals surface area contributed by atoms with Crippen LogP contribution in [0, 0.1) is 17.0 Å². The molecule has 2 aliphatic rings. The summed E-state index contributed by atoms with van der Waals surface area (Å²) in [5.74, 6) is -2.96. The summed E-state index contributed by atoms with van der Waals surface area (Å²) in [5, 5.41) is 29.1. The van der Waals surface area contributed by atoms with Gasteiger partial charge in [-0.2, -0.15) is 0 Å². The summed E-state index contributed by atoms with van der Waals surface area (Å²) in [6.45, 7) is 3.03. The van der Waals surface area contributed by atoms with Crippen LogP contribution in [0.25, 0.3) is 11.3 Å². The molecule has 2 heterocycles. The Morgan fingerprint density at radius 1 is 1.37 bits per heavy atom. The van der Waals surface area contributed by atoms with E-state index < -0.39 is 35.2 Å². The third-order valence-electron chi connectivity index (χ3n) is 5.23. The summed E-state index contributed by atoms with van der Waals surface area (Å²) < 4.78 is 38.5. The summed E-state index contributed by atoms with van der Waals surface area (Å²) in [5.41, 5.74) is -0.821. The van der Waals surface area contributed by atoms with Gasteiger partial charge in [0.2, 0.25) is 5.91 Å². The quantitative estimate of drug-likeness (QED) is 0.605. The molecule has 162 valence electrons. The number of rotatable bonds is 5. The number of hydrogen-bond acceptors (Lipinski definition) is 8. The van der Waals surface area contributed by atoms with Gasteiger partial charge in [-0.15, -0.1) is 11.3 Å². The zero-order valence-electron chi connectivity index (χ0n) is 16.0. The van der Waals surface area contributed by atoms with Gasteiger partial charge >= 0.3 is 6.16 Å². The van der Waals surface area contributed by atoms with Crippen molar-refractivity contribution in [2.75, 3.05) is 19.7 Å². The first-order chi connectivity index (χ1) is 14.1. The molecule has 1 unspecified atom stereocenters. The van der Waals surface area contributed by atoms with Crippen LogP contribution in [0.4, 0.5) is 8.78 Å². The van der Waals surface area contributed by atoms with Crippen molar-refractivity contribution >= 4 is 17.2 Å². The van der Waals surface area contributed by atoms with Crippen LogP contribution in [0.2, 0.25) is 0 Å². The summed E-state index contributed by atoms with van der Waals surface area (Å²) in [6.07, 6.45) is -2.39. The fourth-order valence-electron chi connectivity index (χ4n) is 3.32. The van der Waals surface area contributed by atoms with Crippen molar-refractivity contribution in [2.45, 2.75) is 32.0 Å². The molecule has 1 aliphatic carbocycles. The molecule has 8 nitrogen and oxygen atoms in total. The Morgan fingerprint density at radius 2 is 2.10 bits per heavy atom. The highest BCUT2D eigenvalue weighted by molar-refractivity contribution is 7.10. The molecular weight excluding hydrogens is 422 g/mol. The van der Waals surface area contributed by atoms with Gasteiger partial charge in [-0.1, -0.05) is 6.92 Å². The largest absolute Gasteiger partial charge is 0.453 e. The van der Waals surface area contributed by atoms with Crippen LogP contribution in [0.3, 0.4) is 0 Å². The maximum atomic E-state index is 14.5. The zero-order chi connectivity index (χ0) is 21.7. The lowest BCUT2D eigenvalue weighted by Crippen LogP contribution is -2.45. The van der Waals surface area contributed by atoms with Crippen molar-refractivity contribution in [1.82, 2.24) is 9.88 Å². The van der Waals surface area contributed by atoms with E-state index in [1.807, 2.05) is 6.92 Å². The number of morpholine rings is 1. The molecule has 1 atom stereocenters. The highest BCUT2D eigenvalue weighted by Gasteiger charge is 2.48. The highest BCUT2D eigenvalue weighted by Crippen LogP contribution is 2.47. The molecule has 1 saturated heterocycles. The maximum Gasteiger partial charge on any atom is 0.453 e. The molecule has 1 aliphatic heterocycles. The molecule has 0 bridgehead atoms. The smallest absolute Gasteiger partial charge is 0.416 e. The Labute approximate surface area is 174 Å². The molecule has 1 amide bonds. The first kappa shape index (κ1) is 21.1. The van der Waals surface area contributed by atoms with Gasteiger partial charge < -0.3 is 29.7 Å². The lowest BCUT2D eigenvalue weighted by molar-refractivity contribution is -0.419. The average molecular weight is 442 g/mol. The van der Waals surface area contributed by atoms with E-state index in [9.17, 15) is 13.6 Å². The van der Waals surface area contributed by atoms with Crippen LogP contribution in [0.15, 0.2) is 17.5 Å². The first-order valence-corrected chi connectivity index (χ1v) is 10.2. The van der Waals surface area contributed by atoms with Gasteiger partial charge in [0.25, 0.3) is 0 Å². The highest BCUT2D eigenvalue weighted by atomic mass is 32.1. The van der Waals surface area contributed by atoms with Gasteiger partial charge in [0.1, 0.15) is 16.9 Å². The molecule has 0 radical (unpaired) electrons. The Morgan fingerprint density at radius 3 is 2.77 bits per heavy atom. The SMILES string of the molecule is CC1(C(=O)N2CCOC(c3nc(-c4c(OC(O)(O)O)ccc(F)c4F)cs3)C2)CC1. The van der Waals surface area contributed by atoms with Crippen LogP contribution in [0.5, 0.6) is 5.75 Å². The van der Waals surface area contributed by atoms with Gasteiger partial charge in [0, 0.05) is 17.3 Å². The molecule has 0 spiro atoms. The number of halogens is 2. The minimum absolute atomic E-state index is 0.0348. The third kappa shape index (κ3) is 4.16. The summed E-state index contributed by atoms with van der Waals surface area (Å²) in [4.78, 5) is 18.6. The lowest BCUT2D eigenvalue weighted by Gasteiger charge is -2.33. The van der Waals surface area contributed by atoms with E-state index in [0.717, 1.165) is 36.3 Å². The number of amides is 1. The number of aliphatic hydroxyl groups is 3. The number of benzene rings is 1. The summed E-state index contributed by atoms with van der Waals surface area (Å²) in [7, 11) is 0. The molecule has 4 rings (SSSR count). The fourth-order valence-corrected chi connectivity index (χ4v) is 4.17. The first-order valence-electron chi connectivity index (χ1n) is 9.28. The van der Waals surface area contributed by atoms with E-state index in [-0.39, 0.29) is 17.0 Å². The summed E-state index contributed by atoms with van der Waals surface area (Å²) >= 11 is 1.12. The third-order valence-corrected chi connectivity index (χ3v) is 6.16. The Kier molecular flexibility index (Phi) is 5.27. The minimum atomic E-state index is -3.58. The predicted octanol–water partition coefficient (Wildman–Crippen LogP) is 1.76. The van der Waals surface area contributed by atoms with E-state index in [2.05, 4.69) is 9.72 Å². The van der Waals surface area contributed by atoms with Crippen molar-refractivity contribution in [3.8, 4) is 17.0 Å². The molecule has 2 aromatic rings. The van der Waals surface area contributed by atoms with E-state index in [1.165, 1.54) is 5.38 Å². The molecule has 2 fully saturated rings. The predicted molar refractivity (Wildman–Crippen MR) is 100 cm³/mol. The normalized spacial score (nSPS) is 20.9. The molecular formula is C19H20F2N2O6S. The standard InChI is InChI=1S/C19H20F2N2O6S/c1-18(4-5-18)17(24)23-6-7-28-13(8-23)16-22-11(9-30-16)14-12(29-19(25,26)27)3-2-10(20)15(14)21/h2-3,9,13,25-27H,4-8H2,1H3. The molecule has 1 aromatic carbocycles. The van der Waals surface area contributed by atoms with Crippen molar-refractivity contribution in [3.63, 3.8) is 0 Å². The van der Waals surface area contributed by atoms with Crippen LogP contribution in [-0.2, 0) is 9.53 Å². The number of thiazole rings is 1. The van der Waals surface area contributed by atoms with E-state index in [4.69, 9.17) is 20.1 Å². The van der Waals surface area contributed by atoms with Crippen LogP contribution in [0.1, 0.15) is 30.9 Å². The van der Waals surface area contributed by atoms with Crippen molar-refractivity contribution < 1.29 is 38.4 Å². The number of aromatic nitrogens is 1. The van der Waals surface area contributed by atoms with Crippen molar-refractivity contribution in [3.05, 3.63) is 34.2 Å². The Bertz CT molecular complexity index is 972. The number of carbonyl (C=O) groups excluding carboxylic acids is 1. The zero-order valence-corrected chi connectivity index (χ0v) is 16.8. The van der Waals surface area contributed by atoms with E-state index in [1.54, 1.807) is 4.90 Å². The monoisotopic (exact) mass is 442 g/mol. The minimum Gasteiger partial charge on any atom is -0.416 e. The molecule has 11 heteroatoms. The number of ether oxygens (including phenoxy) is 2. The van der Waals surface area contributed by atoms with E-state index >= 15 is 0 Å².